The van der Waals surface area contributed by atoms with Crippen molar-refractivity contribution >= 4 is 17.8 Å². The van der Waals surface area contributed by atoms with Crippen molar-refractivity contribution < 1.29 is 42.8 Å². The van der Waals surface area contributed by atoms with Crippen LogP contribution in [0.1, 0.15) is 71.3 Å². The van der Waals surface area contributed by atoms with Crippen molar-refractivity contribution in [3.05, 3.63) is 18.0 Å². The van der Waals surface area contributed by atoms with Crippen LogP contribution in [0.2, 0.25) is 0 Å². The minimum absolute atomic E-state index is 0.0112. The Balaban J connectivity index is 2.21. The number of hydrogen-bond donors (Lipinski definition) is 1. The molecule has 0 aliphatic carbocycles. The maximum absolute atomic E-state index is 13.2. The van der Waals surface area contributed by atoms with Gasteiger partial charge in [0.05, 0.1) is 13.2 Å². The van der Waals surface area contributed by atoms with Crippen molar-refractivity contribution in [2.75, 3.05) is 27.1 Å². The highest BCUT2D eigenvalue weighted by molar-refractivity contribution is 5.98. The van der Waals surface area contributed by atoms with Crippen LogP contribution in [-0.4, -0.2) is 74.3 Å². The minimum Gasteiger partial charge on any atom is -0.493 e. The lowest BCUT2D eigenvalue weighted by Gasteiger charge is -2.32. The summed E-state index contributed by atoms with van der Waals surface area (Å²) in [5.74, 6) is -0.926. The summed E-state index contributed by atoms with van der Waals surface area (Å²) in [6.45, 7) is 11.9. The van der Waals surface area contributed by atoms with Crippen LogP contribution < -0.4 is 14.8 Å². The molecule has 1 aromatic rings. The molecule has 11 nitrogen and oxygen atoms in total. The van der Waals surface area contributed by atoms with E-state index in [1.807, 2.05) is 0 Å². The molecule has 1 fully saturated rings. The Hall–Kier alpha value is -2.92. The Bertz CT molecular complexity index is 922. The van der Waals surface area contributed by atoms with Gasteiger partial charge in [0.2, 0.25) is 6.79 Å². The Labute approximate surface area is 224 Å². The van der Waals surface area contributed by atoms with Gasteiger partial charge in [-0.25, -0.2) is 9.78 Å². The number of aromatic nitrogens is 1. The summed E-state index contributed by atoms with van der Waals surface area (Å²) in [6, 6.07) is 0.582. The molecule has 0 spiro atoms. The predicted molar refractivity (Wildman–Crippen MR) is 138 cm³/mol. The number of pyridine rings is 1. The molecule has 1 aliphatic heterocycles. The quantitative estimate of drug-likeness (QED) is 0.312. The first kappa shape index (κ1) is 31.3. The molecule has 0 saturated carbocycles. The van der Waals surface area contributed by atoms with Crippen LogP contribution in [0.3, 0.4) is 0 Å². The summed E-state index contributed by atoms with van der Waals surface area (Å²) in [4.78, 5) is 41.6. The van der Waals surface area contributed by atoms with Gasteiger partial charge in [0.1, 0.15) is 18.2 Å². The summed E-state index contributed by atoms with van der Waals surface area (Å²) in [5, 5.41) is 2.72. The van der Waals surface area contributed by atoms with Crippen molar-refractivity contribution in [1.82, 2.24) is 10.3 Å². The van der Waals surface area contributed by atoms with Crippen molar-refractivity contribution in [2.24, 2.45) is 11.8 Å². The van der Waals surface area contributed by atoms with Crippen LogP contribution in [0.5, 0.6) is 11.5 Å². The first-order valence-electron chi connectivity index (χ1n) is 13.1. The lowest BCUT2D eigenvalue weighted by Crippen LogP contribution is -2.46. The molecule has 2 heterocycles. The van der Waals surface area contributed by atoms with Gasteiger partial charge in [-0.3, -0.25) is 9.59 Å². The average molecular weight is 539 g/mol. The van der Waals surface area contributed by atoms with Crippen molar-refractivity contribution in [3.63, 3.8) is 0 Å². The molecule has 0 unspecified atom stereocenters. The van der Waals surface area contributed by atoms with Gasteiger partial charge >= 0.3 is 11.9 Å². The molecule has 0 aromatic carbocycles. The van der Waals surface area contributed by atoms with E-state index in [0.29, 0.717) is 44.3 Å². The van der Waals surface area contributed by atoms with E-state index in [9.17, 15) is 14.4 Å². The topological polar surface area (TPSA) is 132 Å². The molecule has 0 radical (unpaired) electrons. The molecule has 1 N–H and O–H groups in total. The molecule has 11 heteroatoms. The third-order valence-corrected chi connectivity index (χ3v) is 5.74. The highest BCUT2D eigenvalue weighted by Crippen LogP contribution is 2.30. The van der Waals surface area contributed by atoms with Crippen LogP contribution in [0.15, 0.2) is 12.3 Å². The maximum Gasteiger partial charge on any atom is 0.329 e. The molecule has 2 rings (SSSR count). The molecule has 0 bridgehead atoms. The van der Waals surface area contributed by atoms with E-state index >= 15 is 0 Å². The number of methoxy groups -OCH3 is 1. The van der Waals surface area contributed by atoms with Crippen molar-refractivity contribution in [2.45, 2.75) is 85.2 Å². The van der Waals surface area contributed by atoms with E-state index in [1.165, 1.54) is 26.3 Å². The first-order valence-corrected chi connectivity index (χ1v) is 13.1. The second kappa shape index (κ2) is 15.5. The lowest BCUT2D eigenvalue weighted by molar-refractivity contribution is -0.169. The van der Waals surface area contributed by atoms with Crippen molar-refractivity contribution in [3.8, 4) is 11.5 Å². The molecular weight excluding hydrogens is 496 g/mol. The van der Waals surface area contributed by atoms with E-state index in [4.69, 9.17) is 28.4 Å². The number of ether oxygens (including phenoxy) is 6. The number of cyclic esters (lactones) is 1. The highest BCUT2D eigenvalue weighted by Gasteiger charge is 2.36. The number of carbonyl (C=O) groups excluding carboxylic acids is 3. The predicted octanol–water partition coefficient (Wildman–Crippen LogP) is 3.29. The summed E-state index contributed by atoms with van der Waals surface area (Å²) >= 11 is 0. The van der Waals surface area contributed by atoms with Gasteiger partial charge in [-0.2, -0.15) is 0 Å². The smallest absolute Gasteiger partial charge is 0.329 e. The van der Waals surface area contributed by atoms with Gasteiger partial charge in [-0.05, 0) is 38.0 Å². The molecule has 1 aromatic heterocycles. The van der Waals surface area contributed by atoms with Crippen LogP contribution in [0.4, 0.5) is 0 Å². The first-order chi connectivity index (χ1) is 18.0. The summed E-state index contributed by atoms with van der Waals surface area (Å²) in [7, 11) is 1.41. The van der Waals surface area contributed by atoms with Gasteiger partial charge < -0.3 is 33.7 Å². The summed E-state index contributed by atoms with van der Waals surface area (Å²) in [5.41, 5.74) is -0.117. The second-order valence-corrected chi connectivity index (χ2v) is 10.1. The van der Waals surface area contributed by atoms with E-state index in [-0.39, 0.29) is 23.3 Å². The Morgan fingerprint density at radius 1 is 1.13 bits per heavy atom. The number of carbonyl (C=O) groups is 3. The summed E-state index contributed by atoms with van der Waals surface area (Å²) in [6.07, 6.45) is 1.67. The third kappa shape index (κ3) is 9.75. The second-order valence-electron chi connectivity index (χ2n) is 10.1. The molecule has 214 valence electrons. The number of nitrogens with one attached hydrogen (secondary N) is 1. The van der Waals surface area contributed by atoms with Crippen LogP contribution in [0, 0.1) is 11.8 Å². The third-order valence-electron chi connectivity index (χ3n) is 5.74. The van der Waals surface area contributed by atoms with Gasteiger partial charge in [-0.1, -0.05) is 27.7 Å². The molecule has 1 saturated heterocycles. The number of nitrogens with zero attached hydrogens (tertiary/aromatic N) is 1. The monoisotopic (exact) mass is 538 g/mol. The molecule has 38 heavy (non-hydrogen) atoms. The average Bonchev–Trinajstić information content (AvgIpc) is 2.89. The molecule has 4 atom stereocenters. The maximum atomic E-state index is 13.2. The van der Waals surface area contributed by atoms with Gasteiger partial charge in [0.25, 0.3) is 5.91 Å². The number of amides is 1. The lowest BCUT2D eigenvalue weighted by atomic mass is 10.0. The molecule has 1 aliphatic rings. The fourth-order valence-corrected chi connectivity index (χ4v) is 3.90. The van der Waals surface area contributed by atoms with E-state index in [0.717, 1.165) is 0 Å². The van der Waals surface area contributed by atoms with Gasteiger partial charge in [-0.15, -0.1) is 0 Å². The number of rotatable bonds is 12. The molecule has 1 amide bonds. The Morgan fingerprint density at radius 2 is 1.82 bits per heavy atom. The Morgan fingerprint density at radius 3 is 2.45 bits per heavy atom. The van der Waals surface area contributed by atoms with Crippen LogP contribution in [0.25, 0.3) is 0 Å². The molecular formula is C27H42N2O9. The van der Waals surface area contributed by atoms with Crippen LogP contribution in [-0.2, 0) is 28.5 Å². The summed E-state index contributed by atoms with van der Waals surface area (Å²) < 4.78 is 33.7. The Kier molecular flexibility index (Phi) is 12.8. The zero-order valence-corrected chi connectivity index (χ0v) is 23.5. The van der Waals surface area contributed by atoms with E-state index < -0.39 is 42.9 Å². The standard InChI is InChI=1S/C27H42N2O9/c1-16(2)13-34-22-10-8-9-20(27(32)38-18(5)24(22)35-14-17(3)4)29-26(31)23-25(37-15-36-19(6)30)21(33-7)11-12-28-23/h11-12,16-18,20,22,24H,8-10,13-15H2,1-7H3,(H,29,31)/t18-,20-,22-,24-/m0/s1. The number of esters is 2. The van der Waals surface area contributed by atoms with Gasteiger partial charge in [0.15, 0.2) is 17.2 Å². The zero-order chi connectivity index (χ0) is 28.2. The van der Waals surface area contributed by atoms with Crippen molar-refractivity contribution in [1.29, 1.82) is 0 Å². The van der Waals surface area contributed by atoms with E-state index in [2.05, 4.69) is 38.0 Å². The highest BCUT2D eigenvalue weighted by atomic mass is 16.7. The van der Waals surface area contributed by atoms with E-state index in [1.54, 1.807) is 6.92 Å². The largest absolute Gasteiger partial charge is 0.493 e. The fraction of sp³-hybridized carbons (Fsp3) is 0.704. The zero-order valence-electron chi connectivity index (χ0n) is 23.5. The fourth-order valence-electron chi connectivity index (χ4n) is 3.90. The number of hydrogen-bond acceptors (Lipinski definition) is 10. The SMILES string of the molecule is COc1ccnc(C(=O)N[C@H]2CCC[C@H](OCC(C)C)[C@@H](OCC(C)C)[C@H](C)OC2=O)c1OCOC(C)=O. The minimum atomic E-state index is -0.922. The normalized spacial score (nSPS) is 22.2. The van der Waals surface area contributed by atoms with Gasteiger partial charge in [0, 0.05) is 32.4 Å². The van der Waals surface area contributed by atoms with Crippen LogP contribution >= 0.6 is 0 Å².